The van der Waals surface area contributed by atoms with Gasteiger partial charge in [-0.1, -0.05) is 6.07 Å². The molecule has 2 fully saturated rings. The first-order valence-corrected chi connectivity index (χ1v) is 7.43. The molecule has 1 N–H and O–H groups in total. The number of nitrogens with zero attached hydrogens (tertiary/aromatic N) is 2. The van der Waals surface area contributed by atoms with Crippen LogP contribution in [0.3, 0.4) is 0 Å². The molecule has 0 aromatic heterocycles. The van der Waals surface area contributed by atoms with Gasteiger partial charge in [-0.25, -0.2) is 0 Å². The summed E-state index contributed by atoms with van der Waals surface area (Å²) in [7, 11) is 4.18. The molecule has 0 radical (unpaired) electrons. The van der Waals surface area contributed by atoms with Crippen molar-refractivity contribution in [2.45, 2.75) is 44.3 Å². The lowest BCUT2D eigenvalue weighted by atomic mass is 10.1. The van der Waals surface area contributed by atoms with Crippen molar-refractivity contribution in [3.8, 4) is 0 Å². The van der Waals surface area contributed by atoms with E-state index in [1.807, 2.05) is 0 Å². The van der Waals surface area contributed by atoms with E-state index in [2.05, 4.69) is 60.4 Å². The summed E-state index contributed by atoms with van der Waals surface area (Å²) in [6, 6.07) is 10.9. The summed E-state index contributed by atoms with van der Waals surface area (Å²) in [6.07, 6.45) is 4.09. The van der Waals surface area contributed by atoms with Gasteiger partial charge in [-0.05, 0) is 44.4 Å². The van der Waals surface area contributed by atoms with E-state index in [1.54, 1.807) is 0 Å². The van der Waals surface area contributed by atoms with Gasteiger partial charge in [0, 0.05) is 50.1 Å². The first-order valence-electron chi connectivity index (χ1n) is 7.43. The van der Waals surface area contributed by atoms with Crippen LogP contribution in [0.5, 0.6) is 0 Å². The highest BCUT2D eigenvalue weighted by molar-refractivity contribution is 5.57. The Kier molecular flexibility index (Phi) is 3.40. The Bertz CT molecular complexity index is 439. The molecule has 1 saturated carbocycles. The summed E-state index contributed by atoms with van der Waals surface area (Å²) in [6.45, 7) is 3.58. The van der Waals surface area contributed by atoms with Gasteiger partial charge >= 0.3 is 0 Å². The Labute approximate surface area is 116 Å². The van der Waals surface area contributed by atoms with Crippen molar-refractivity contribution in [1.82, 2.24) is 4.90 Å². The second kappa shape index (κ2) is 5.04. The molecule has 1 heterocycles. The molecule has 0 amide bonds. The van der Waals surface area contributed by atoms with E-state index in [4.69, 9.17) is 0 Å². The quantitative estimate of drug-likeness (QED) is 0.897. The highest BCUT2D eigenvalue weighted by atomic mass is 15.3. The van der Waals surface area contributed by atoms with Crippen molar-refractivity contribution in [3.63, 3.8) is 0 Å². The summed E-state index contributed by atoms with van der Waals surface area (Å²) in [4.78, 5) is 4.84. The second-order valence-corrected chi connectivity index (χ2v) is 6.30. The van der Waals surface area contributed by atoms with Gasteiger partial charge in [0.1, 0.15) is 0 Å². The SMILES string of the molecule is CC1CC(Nc2cccc(N(C)C)c2)CN1C1CC1. The third-order valence-electron chi connectivity index (χ3n) is 4.37. The molecule has 3 rings (SSSR count). The number of nitrogens with one attached hydrogen (secondary N) is 1. The first-order chi connectivity index (χ1) is 9.13. The molecule has 0 spiro atoms. The van der Waals surface area contributed by atoms with Gasteiger partial charge in [-0.2, -0.15) is 0 Å². The molecule has 1 aromatic rings. The van der Waals surface area contributed by atoms with Crippen LogP contribution in [0.2, 0.25) is 0 Å². The minimum atomic E-state index is 0.605. The number of rotatable bonds is 4. The summed E-state index contributed by atoms with van der Waals surface area (Å²) < 4.78 is 0. The molecule has 3 heteroatoms. The van der Waals surface area contributed by atoms with E-state index in [1.165, 1.54) is 37.2 Å². The summed E-state index contributed by atoms with van der Waals surface area (Å²) >= 11 is 0. The largest absolute Gasteiger partial charge is 0.381 e. The average molecular weight is 259 g/mol. The standard InChI is InChI=1S/C16H25N3/c1-12-9-14(11-19(12)15-7-8-15)17-13-5-4-6-16(10-13)18(2)3/h4-6,10,12,14-15,17H,7-9,11H2,1-3H3. The number of benzene rings is 1. The van der Waals surface area contributed by atoms with Crippen molar-refractivity contribution in [3.05, 3.63) is 24.3 Å². The zero-order chi connectivity index (χ0) is 13.4. The lowest BCUT2D eigenvalue weighted by Crippen LogP contribution is -2.31. The predicted octanol–water partition coefficient (Wildman–Crippen LogP) is 2.79. The van der Waals surface area contributed by atoms with Crippen LogP contribution in [0.25, 0.3) is 0 Å². The Morgan fingerprint density at radius 1 is 1.26 bits per heavy atom. The van der Waals surface area contributed by atoms with Crippen molar-refractivity contribution in [2.24, 2.45) is 0 Å². The van der Waals surface area contributed by atoms with Gasteiger partial charge in [0.15, 0.2) is 0 Å². The molecule has 2 atom stereocenters. The summed E-state index contributed by atoms with van der Waals surface area (Å²) in [5.74, 6) is 0. The highest BCUT2D eigenvalue weighted by Crippen LogP contribution is 2.34. The molecule has 104 valence electrons. The zero-order valence-corrected chi connectivity index (χ0v) is 12.3. The Balaban J connectivity index is 1.63. The van der Waals surface area contributed by atoms with Crippen LogP contribution in [0, 0.1) is 0 Å². The van der Waals surface area contributed by atoms with Crippen LogP contribution in [-0.4, -0.2) is 43.7 Å². The molecular formula is C16H25N3. The third-order valence-corrected chi connectivity index (χ3v) is 4.37. The first kappa shape index (κ1) is 12.8. The molecule has 2 unspecified atom stereocenters. The number of anilines is 2. The maximum Gasteiger partial charge on any atom is 0.0403 e. The maximum atomic E-state index is 3.71. The molecular weight excluding hydrogens is 234 g/mol. The normalized spacial score (nSPS) is 27.5. The van der Waals surface area contributed by atoms with Crippen molar-refractivity contribution < 1.29 is 0 Å². The van der Waals surface area contributed by atoms with Gasteiger partial charge in [-0.15, -0.1) is 0 Å². The minimum absolute atomic E-state index is 0.605. The number of hydrogen-bond acceptors (Lipinski definition) is 3. The lowest BCUT2D eigenvalue weighted by molar-refractivity contribution is 0.257. The van der Waals surface area contributed by atoms with Crippen LogP contribution >= 0.6 is 0 Å². The average Bonchev–Trinajstić information content (AvgIpc) is 3.15. The molecule has 1 aliphatic carbocycles. The van der Waals surface area contributed by atoms with Gasteiger partial charge in [-0.3, -0.25) is 4.90 Å². The molecule has 1 aliphatic heterocycles. The van der Waals surface area contributed by atoms with Crippen molar-refractivity contribution >= 4 is 11.4 Å². The predicted molar refractivity (Wildman–Crippen MR) is 82.0 cm³/mol. The van der Waals surface area contributed by atoms with Gasteiger partial charge in [0.05, 0.1) is 0 Å². The molecule has 1 aromatic carbocycles. The van der Waals surface area contributed by atoms with E-state index in [0.29, 0.717) is 6.04 Å². The van der Waals surface area contributed by atoms with E-state index < -0.39 is 0 Å². The van der Waals surface area contributed by atoms with Gasteiger partial charge < -0.3 is 10.2 Å². The monoisotopic (exact) mass is 259 g/mol. The summed E-state index contributed by atoms with van der Waals surface area (Å²) in [5, 5.41) is 3.71. The fourth-order valence-corrected chi connectivity index (χ4v) is 3.19. The third kappa shape index (κ3) is 2.86. The summed E-state index contributed by atoms with van der Waals surface area (Å²) in [5.41, 5.74) is 2.51. The van der Waals surface area contributed by atoms with E-state index in [0.717, 1.165) is 12.1 Å². The Morgan fingerprint density at radius 3 is 2.74 bits per heavy atom. The number of hydrogen-bond donors (Lipinski definition) is 1. The second-order valence-electron chi connectivity index (χ2n) is 6.30. The highest BCUT2D eigenvalue weighted by Gasteiger charge is 2.38. The van der Waals surface area contributed by atoms with E-state index in [-0.39, 0.29) is 0 Å². The fraction of sp³-hybridized carbons (Fsp3) is 0.625. The van der Waals surface area contributed by atoms with Gasteiger partial charge in [0.2, 0.25) is 0 Å². The van der Waals surface area contributed by atoms with Crippen LogP contribution in [0.1, 0.15) is 26.2 Å². The molecule has 19 heavy (non-hydrogen) atoms. The molecule has 2 aliphatic rings. The lowest BCUT2D eigenvalue weighted by Gasteiger charge is -2.20. The molecule has 1 saturated heterocycles. The van der Waals surface area contributed by atoms with Crippen molar-refractivity contribution in [2.75, 3.05) is 30.9 Å². The van der Waals surface area contributed by atoms with Crippen LogP contribution in [0.4, 0.5) is 11.4 Å². The van der Waals surface area contributed by atoms with E-state index >= 15 is 0 Å². The molecule has 0 bridgehead atoms. The minimum Gasteiger partial charge on any atom is -0.381 e. The van der Waals surface area contributed by atoms with E-state index in [9.17, 15) is 0 Å². The zero-order valence-electron chi connectivity index (χ0n) is 12.3. The smallest absolute Gasteiger partial charge is 0.0403 e. The molecule has 3 nitrogen and oxygen atoms in total. The maximum absolute atomic E-state index is 3.71. The van der Waals surface area contributed by atoms with Crippen LogP contribution in [-0.2, 0) is 0 Å². The van der Waals surface area contributed by atoms with Crippen LogP contribution < -0.4 is 10.2 Å². The van der Waals surface area contributed by atoms with Crippen LogP contribution in [0.15, 0.2) is 24.3 Å². The number of likely N-dealkylation sites (tertiary alicyclic amines) is 1. The van der Waals surface area contributed by atoms with Crippen molar-refractivity contribution in [1.29, 1.82) is 0 Å². The van der Waals surface area contributed by atoms with Gasteiger partial charge in [0.25, 0.3) is 0 Å². The fourth-order valence-electron chi connectivity index (χ4n) is 3.19. The Hall–Kier alpha value is -1.22. The topological polar surface area (TPSA) is 18.5 Å². The Morgan fingerprint density at radius 2 is 2.05 bits per heavy atom.